The van der Waals surface area contributed by atoms with Crippen molar-refractivity contribution < 1.29 is 0 Å². The Bertz CT molecular complexity index is 897. The molecular weight excluding hydrogens is 336 g/mol. The van der Waals surface area contributed by atoms with Crippen LogP contribution in [0.5, 0.6) is 0 Å². The summed E-state index contributed by atoms with van der Waals surface area (Å²) in [4.78, 5) is 8.73. The number of rotatable bonds is 6. The SMILES string of the molecule is CN=C(NCc1ccnc(-n2cccn2)c1)NCC1(c2ccccc2)CC1. The molecule has 0 spiro atoms. The zero-order valence-corrected chi connectivity index (χ0v) is 15.5. The summed E-state index contributed by atoms with van der Waals surface area (Å²) in [6, 6.07) is 16.7. The predicted molar refractivity (Wildman–Crippen MR) is 107 cm³/mol. The highest BCUT2D eigenvalue weighted by molar-refractivity contribution is 5.79. The van der Waals surface area contributed by atoms with E-state index in [1.165, 1.54) is 18.4 Å². The fraction of sp³-hybridized carbons (Fsp3) is 0.286. The van der Waals surface area contributed by atoms with Crippen LogP contribution in [0.2, 0.25) is 0 Å². The summed E-state index contributed by atoms with van der Waals surface area (Å²) in [5, 5.41) is 11.1. The molecule has 1 saturated carbocycles. The molecule has 6 nitrogen and oxygen atoms in total. The van der Waals surface area contributed by atoms with Crippen molar-refractivity contribution in [2.24, 2.45) is 4.99 Å². The van der Waals surface area contributed by atoms with Gasteiger partial charge in [-0.05, 0) is 42.2 Å². The van der Waals surface area contributed by atoms with Crippen LogP contribution >= 0.6 is 0 Å². The average Bonchev–Trinajstić information content (AvgIpc) is 3.32. The highest BCUT2D eigenvalue weighted by Crippen LogP contribution is 2.47. The second-order valence-corrected chi connectivity index (χ2v) is 6.90. The maximum absolute atomic E-state index is 4.37. The molecule has 0 bridgehead atoms. The Labute approximate surface area is 159 Å². The molecule has 1 aromatic carbocycles. The standard InChI is InChI=1S/C21H24N6/c1-22-20(25-16-21(9-10-21)18-6-3-2-4-7-18)24-15-17-8-12-23-19(14-17)27-13-5-11-26-27/h2-8,11-14H,9-10,15-16H2,1H3,(H2,22,24,25). The normalized spacial score (nSPS) is 15.4. The maximum Gasteiger partial charge on any atom is 0.191 e. The summed E-state index contributed by atoms with van der Waals surface area (Å²) in [6.45, 7) is 1.57. The van der Waals surface area contributed by atoms with Crippen molar-refractivity contribution in [2.45, 2.75) is 24.8 Å². The first-order valence-corrected chi connectivity index (χ1v) is 9.24. The van der Waals surface area contributed by atoms with Crippen LogP contribution in [-0.4, -0.2) is 34.3 Å². The van der Waals surface area contributed by atoms with E-state index in [0.717, 1.165) is 23.9 Å². The van der Waals surface area contributed by atoms with E-state index in [9.17, 15) is 0 Å². The number of benzene rings is 1. The minimum Gasteiger partial charge on any atom is -0.356 e. The van der Waals surface area contributed by atoms with Gasteiger partial charge < -0.3 is 10.6 Å². The van der Waals surface area contributed by atoms with Crippen LogP contribution in [-0.2, 0) is 12.0 Å². The van der Waals surface area contributed by atoms with Gasteiger partial charge in [-0.3, -0.25) is 4.99 Å². The van der Waals surface area contributed by atoms with Crippen molar-refractivity contribution in [3.05, 3.63) is 78.2 Å². The van der Waals surface area contributed by atoms with Gasteiger partial charge in [0.25, 0.3) is 0 Å². The van der Waals surface area contributed by atoms with E-state index in [2.05, 4.69) is 56.0 Å². The van der Waals surface area contributed by atoms with Crippen molar-refractivity contribution in [2.75, 3.05) is 13.6 Å². The summed E-state index contributed by atoms with van der Waals surface area (Å²) < 4.78 is 1.76. The number of aromatic nitrogens is 3. The molecule has 2 aromatic heterocycles. The lowest BCUT2D eigenvalue weighted by Crippen LogP contribution is -2.40. The van der Waals surface area contributed by atoms with Crippen molar-refractivity contribution >= 4 is 5.96 Å². The Morgan fingerprint density at radius 3 is 2.67 bits per heavy atom. The molecule has 3 aromatic rings. The molecule has 6 heteroatoms. The first-order valence-electron chi connectivity index (χ1n) is 9.24. The Kier molecular flexibility index (Phi) is 4.87. The fourth-order valence-corrected chi connectivity index (χ4v) is 3.27. The smallest absolute Gasteiger partial charge is 0.191 e. The van der Waals surface area contributed by atoms with E-state index in [1.54, 1.807) is 24.1 Å². The van der Waals surface area contributed by atoms with Crippen LogP contribution < -0.4 is 10.6 Å². The molecule has 1 fully saturated rings. The highest BCUT2D eigenvalue weighted by atomic mass is 15.3. The van der Waals surface area contributed by atoms with E-state index >= 15 is 0 Å². The van der Waals surface area contributed by atoms with Crippen LogP contribution in [0.4, 0.5) is 0 Å². The zero-order valence-electron chi connectivity index (χ0n) is 15.5. The van der Waals surface area contributed by atoms with Gasteiger partial charge in [-0.2, -0.15) is 5.10 Å². The van der Waals surface area contributed by atoms with E-state index < -0.39 is 0 Å². The molecule has 138 valence electrons. The van der Waals surface area contributed by atoms with Gasteiger partial charge in [-0.25, -0.2) is 9.67 Å². The van der Waals surface area contributed by atoms with Gasteiger partial charge in [0.2, 0.25) is 0 Å². The average molecular weight is 360 g/mol. The monoisotopic (exact) mass is 360 g/mol. The lowest BCUT2D eigenvalue weighted by Gasteiger charge is -2.19. The fourth-order valence-electron chi connectivity index (χ4n) is 3.27. The first kappa shape index (κ1) is 17.3. The molecule has 27 heavy (non-hydrogen) atoms. The van der Waals surface area contributed by atoms with E-state index in [0.29, 0.717) is 6.54 Å². The predicted octanol–water partition coefficient (Wildman–Crippen LogP) is 2.66. The summed E-state index contributed by atoms with van der Waals surface area (Å²) >= 11 is 0. The molecule has 2 heterocycles. The quantitative estimate of drug-likeness (QED) is 0.524. The molecule has 0 aliphatic heterocycles. The van der Waals surface area contributed by atoms with Gasteiger partial charge in [0.1, 0.15) is 0 Å². The largest absolute Gasteiger partial charge is 0.356 e. The number of guanidine groups is 1. The molecule has 1 aliphatic rings. The maximum atomic E-state index is 4.37. The second-order valence-electron chi connectivity index (χ2n) is 6.90. The van der Waals surface area contributed by atoms with Crippen LogP contribution in [0.1, 0.15) is 24.0 Å². The second kappa shape index (κ2) is 7.61. The number of pyridine rings is 1. The lowest BCUT2D eigenvalue weighted by molar-refractivity contribution is 0.645. The van der Waals surface area contributed by atoms with E-state index in [1.807, 2.05) is 24.4 Å². The topological polar surface area (TPSA) is 67.1 Å². The summed E-state index contributed by atoms with van der Waals surface area (Å²) in [7, 11) is 1.80. The van der Waals surface area contributed by atoms with Crippen LogP contribution in [0, 0.1) is 0 Å². The van der Waals surface area contributed by atoms with Crippen molar-refractivity contribution in [1.29, 1.82) is 0 Å². The van der Waals surface area contributed by atoms with Gasteiger partial charge in [-0.15, -0.1) is 0 Å². The van der Waals surface area contributed by atoms with Crippen LogP contribution in [0.25, 0.3) is 5.82 Å². The van der Waals surface area contributed by atoms with E-state index in [4.69, 9.17) is 0 Å². The summed E-state index contributed by atoms with van der Waals surface area (Å²) in [5.74, 6) is 1.62. The van der Waals surface area contributed by atoms with Crippen molar-refractivity contribution in [3.8, 4) is 5.82 Å². The van der Waals surface area contributed by atoms with Gasteiger partial charge in [0, 0.05) is 44.1 Å². The molecular formula is C21H24N6. The third-order valence-corrected chi connectivity index (χ3v) is 5.07. The Morgan fingerprint density at radius 2 is 1.96 bits per heavy atom. The minimum atomic E-state index is 0.253. The van der Waals surface area contributed by atoms with Crippen LogP contribution in [0.3, 0.4) is 0 Å². The molecule has 0 radical (unpaired) electrons. The van der Waals surface area contributed by atoms with Gasteiger partial charge in [0.15, 0.2) is 11.8 Å². The molecule has 0 amide bonds. The van der Waals surface area contributed by atoms with Gasteiger partial charge >= 0.3 is 0 Å². The minimum absolute atomic E-state index is 0.253. The lowest BCUT2D eigenvalue weighted by atomic mass is 9.96. The molecule has 0 saturated heterocycles. The Hall–Kier alpha value is -3.15. The van der Waals surface area contributed by atoms with Crippen LogP contribution in [0.15, 0.2) is 72.1 Å². The highest BCUT2D eigenvalue weighted by Gasteiger charge is 2.43. The number of aliphatic imine (C=N–C) groups is 1. The van der Waals surface area contributed by atoms with Gasteiger partial charge in [-0.1, -0.05) is 30.3 Å². The molecule has 2 N–H and O–H groups in total. The summed E-state index contributed by atoms with van der Waals surface area (Å²) in [5.41, 5.74) is 2.79. The molecule has 0 unspecified atom stereocenters. The number of hydrogen-bond donors (Lipinski definition) is 2. The Balaban J connectivity index is 1.35. The summed E-state index contributed by atoms with van der Waals surface area (Å²) in [6.07, 6.45) is 7.88. The number of nitrogens with zero attached hydrogens (tertiary/aromatic N) is 4. The third-order valence-electron chi connectivity index (χ3n) is 5.07. The zero-order chi connectivity index (χ0) is 18.5. The number of nitrogens with one attached hydrogen (secondary N) is 2. The Morgan fingerprint density at radius 1 is 1.11 bits per heavy atom. The van der Waals surface area contributed by atoms with E-state index in [-0.39, 0.29) is 5.41 Å². The van der Waals surface area contributed by atoms with Crippen molar-refractivity contribution in [3.63, 3.8) is 0 Å². The first-order chi connectivity index (χ1) is 13.3. The third kappa shape index (κ3) is 4.00. The molecule has 4 rings (SSSR count). The molecule has 1 aliphatic carbocycles. The number of hydrogen-bond acceptors (Lipinski definition) is 3. The molecule has 0 atom stereocenters. The van der Waals surface area contributed by atoms with Crippen molar-refractivity contribution in [1.82, 2.24) is 25.4 Å². The van der Waals surface area contributed by atoms with Gasteiger partial charge in [0.05, 0.1) is 0 Å².